The standard InChI is InChI=1S/C35H45N7O9/c1-35(2,3)51-34(48)41-20-18-40(19-21-41)33(47)42-27(28(43)36-4)26(29(42)44)16-11-17-37-30(38-31(45)49-22-24-12-7-5-8-13-24)39-32(46)50-23-25-14-9-6-10-15-25/h5-10,12-15,26-27H,11,16-23H2,1-4H3,(H,36,43)(H2,37,38,39,45,46). The highest BCUT2D eigenvalue weighted by atomic mass is 16.6. The van der Waals surface area contributed by atoms with Crippen molar-refractivity contribution in [2.75, 3.05) is 39.8 Å². The first-order valence-corrected chi connectivity index (χ1v) is 16.7. The SMILES string of the molecule is CNC(=O)C1C(CCCN=C(NC(=O)OCc2ccccc2)NC(=O)OCc2ccccc2)C(=O)N1C(=O)N1CCN(C(=O)OC(C)(C)C)CC1. The van der Waals surface area contributed by atoms with Gasteiger partial charge in [0.1, 0.15) is 24.9 Å². The van der Waals surface area contributed by atoms with Crippen LogP contribution in [0.15, 0.2) is 65.7 Å². The van der Waals surface area contributed by atoms with E-state index in [-0.39, 0.29) is 64.7 Å². The van der Waals surface area contributed by atoms with Crippen molar-refractivity contribution in [2.24, 2.45) is 10.9 Å². The summed E-state index contributed by atoms with van der Waals surface area (Å²) in [6, 6.07) is 16.4. The predicted octanol–water partition coefficient (Wildman–Crippen LogP) is 3.22. The van der Waals surface area contributed by atoms with Crippen molar-refractivity contribution in [2.45, 2.75) is 58.5 Å². The second kappa shape index (κ2) is 17.8. The number of aliphatic imine (C=N–C) groups is 1. The molecule has 4 rings (SSSR count). The molecule has 2 aromatic carbocycles. The molecule has 2 saturated heterocycles. The molecule has 16 heteroatoms. The van der Waals surface area contributed by atoms with E-state index in [0.717, 1.165) is 16.0 Å². The van der Waals surface area contributed by atoms with Crippen molar-refractivity contribution in [1.29, 1.82) is 0 Å². The molecular weight excluding hydrogens is 662 g/mol. The topological polar surface area (TPSA) is 188 Å². The highest BCUT2D eigenvalue weighted by Gasteiger charge is 2.54. The number of likely N-dealkylation sites (N-methyl/N-ethyl adjacent to an activating group) is 1. The number of alkyl carbamates (subject to hydrolysis) is 2. The molecule has 2 aliphatic rings. The van der Waals surface area contributed by atoms with E-state index in [9.17, 15) is 28.8 Å². The molecule has 2 aliphatic heterocycles. The number of carbonyl (C=O) groups is 6. The molecule has 2 unspecified atom stereocenters. The highest BCUT2D eigenvalue weighted by molar-refractivity contribution is 6.09. The number of amides is 7. The van der Waals surface area contributed by atoms with Gasteiger partial charge in [-0.3, -0.25) is 30.1 Å². The van der Waals surface area contributed by atoms with Crippen LogP contribution in [-0.4, -0.2) is 108 Å². The van der Waals surface area contributed by atoms with Gasteiger partial charge in [-0.05, 0) is 44.7 Å². The maximum atomic E-state index is 13.4. The summed E-state index contributed by atoms with van der Waals surface area (Å²) in [7, 11) is 1.42. The molecule has 0 aromatic heterocycles. The number of β-lactam (4-membered cyclic amide) rings is 1. The number of ether oxygens (including phenoxy) is 3. The summed E-state index contributed by atoms with van der Waals surface area (Å²) in [5, 5.41) is 7.35. The number of benzene rings is 2. The minimum Gasteiger partial charge on any atom is -0.444 e. The summed E-state index contributed by atoms with van der Waals surface area (Å²) < 4.78 is 15.9. The Labute approximate surface area is 296 Å². The van der Waals surface area contributed by atoms with E-state index < -0.39 is 53.7 Å². The van der Waals surface area contributed by atoms with Crippen molar-refractivity contribution in [3.8, 4) is 0 Å². The van der Waals surface area contributed by atoms with E-state index in [0.29, 0.717) is 0 Å². The minimum absolute atomic E-state index is 0.0161. The Hall–Kier alpha value is -5.67. The van der Waals surface area contributed by atoms with Crippen molar-refractivity contribution < 1.29 is 43.0 Å². The number of imide groups is 1. The molecule has 0 radical (unpaired) electrons. The normalized spacial score (nSPS) is 17.0. The third-order valence-electron chi connectivity index (χ3n) is 7.95. The van der Waals surface area contributed by atoms with Crippen LogP contribution in [0.25, 0.3) is 0 Å². The van der Waals surface area contributed by atoms with Crippen LogP contribution in [0.5, 0.6) is 0 Å². The van der Waals surface area contributed by atoms with Gasteiger partial charge in [-0.15, -0.1) is 0 Å². The third-order valence-corrected chi connectivity index (χ3v) is 7.95. The fourth-order valence-electron chi connectivity index (χ4n) is 5.37. The van der Waals surface area contributed by atoms with E-state index in [4.69, 9.17) is 14.2 Å². The zero-order chi connectivity index (χ0) is 37.0. The number of carbonyl (C=O) groups excluding carboxylic acids is 6. The van der Waals surface area contributed by atoms with Crippen molar-refractivity contribution in [3.05, 3.63) is 71.8 Å². The molecule has 3 N–H and O–H groups in total. The molecule has 51 heavy (non-hydrogen) atoms. The van der Waals surface area contributed by atoms with Crippen LogP contribution in [0.4, 0.5) is 19.2 Å². The van der Waals surface area contributed by atoms with E-state index in [1.165, 1.54) is 16.8 Å². The van der Waals surface area contributed by atoms with E-state index in [1.54, 1.807) is 69.3 Å². The molecule has 7 amide bonds. The second-order valence-electron chi connectivity index (χ2n) is 12.9. The third kappa shape index (κ3) is 11.2. The lowest BCUT2D eigenvalue weighted by Crippen LogP contribution is -2.70. The lowest BCUT2D eigenvalue weighted by Gasteiger charge is -2.47. The summed E-state index contributed by atoms with van der Waals surface area (Å²) in [4.78, 5) is 85.1. The Morgan fingerprint density at radius 3 is 1.80 bits per heavy atom. The molecule has 0 aliphatic carbocycles. The van der Waals surface area contributed by atoms with Crippen LogP contribution in [0, 0.1) is 5.92 Å². The Morgan fingerprint density at radius 2 is 1.31 bits per heavy atom. The molecule has 2 aromatic rings. The number of guanidine groups is 1. The molecular formula is C35H45N7O9. The van der Waals surface area contributed by atoms with Gasteiger partial charge in [0, 0.05) is 39.8 Å². The van der Waals surface area contributed by atoms with Gasteiger partial charge in [0.2, 0.25) is 17.8 Å². The first-order chi connectivity index (χ1) is 24.4. The van der Waals surface area contributed by atoms with Gasteiger partial charge >= 0.3 is 24.3 Å². The van der Waals surface area contributed by atoms with Crippen LogP contribution in [0.3, 0.4) is 0 Å². The minimum atomic E-state index is -1.03. The Morgan fingerprint density at radius 1 is 0.804 bits per heavy atom. The fraction of sp³-hybridized carbons (Fsp3) is 0.457. The maximum Gasteiger partial charge on any atom is 0.414 e. The Balaban J connectivity index is 1.33. The summed E-state index contributed by atoms with van der Waals surface area (Å²) in [6.45, 7) is 6.10. The van der Waals surface area contributed by atoms with E-state index in [1.807, 2.05) is 12.1 Å². The zero-order valence-corrected chi connectivity index (χ0v) is 29.3. The number of urea groups is 1. The molecule has 2 heterocycles. The molecule has 0 bridgehead atoms. The van der Waals surface area contributed by atoms with E-state index >= 15 is 0 Å². The van der Waals surface area contributed by atoms with Gasteiger partial charge < -0.3 is 29.3 Å². The molecule has 16 nitrogen and oxygen atoms in total. The predicted molar refractivity (Wildman–Crippen MR) is 184 cm³/mol. The first-order valence-electron chi connectivity index (χ1n) is 16.7. The molecule has 0 saturated carbocycles. The number of hydrogen-bond donors (Lipinski definition) is 3. The average molecular weight is 708 g/mol. The number of likely N-dealkylation sites (tertiary alicyclic amines) is 1. The van der Waals surface area contributed by atoms with Crippen molar-refractivity contribution >= 4 is 42.1 Å². The number of piperazine rings is 1. The van der Waals surface area contributed by atoms with Crippen LogP contribution in [0.1, 0.15) is 44.7 Å². The first kappa shape index (κ1) is 38.1. The smallest absolute Gasteiger partial charge is 0.414 e. The number of nitrogens with one attached hydrogen (secondary N) is 3. The van der Waals surface area contributed by atoms with Gasteiger partial charge in [-0.1, -0.05) is 60.7 Å². The Kier molecular flexibility index (Phi) is 13.3. The summed E-state index contributed by atoms with van der Waals surface area (Å²) in [6.07, 6.45) is -1.75. The summed E-state index contributed by atoms with van der Waals surface area (Å²) in [5.74, 6) is -2.01. The largest absolute Gasteiger partial charge is 0.444 e. The number of hydrogen-bond acceptors (Lipinski definition) is 10. The lowest BCUT2D eigenvalue weighted by molar-refractivity contribution is -0.158. The highest BCUT2D eigenvalue weighted by Crippen LogP contribution is 2.32. The number of rotatable bonds is 9. The van der Waals surface area contributed by atoms with Gasteiger partial charge in [0.05, 0.1) is 5.92 Å². The maximum absolute atomic E-state index is 13.4. The molecule has 2 fully saturated rings. The molecule has 2 atom stereocenters. The summed E-state index contributed by atoms with van der Waals surface area (Å²) >= 11 is 0. The van der Waals surface area contributed by atoms with Crippen molar-refractivity contribution in [1.82, 2.24) is 30.7 Å². The van der Waals surface area contributed by atoms with Crippen LogP contribution < -0.4 is 16.0 Å². The fourth-order valence-corrected chi connectivity index (χ4v) is 5.37. The monoisotopic (exact) mass is 707 g/mol. The average Bonchev–Trinajstić information content (AvgIpc) is 3.11. The van der Waals surface area contributed by atoms with Crippen LogP contribution in [-0.2, 0) is 37.0 Å². The van der Waals surface area contributed by atoms with Gasteiger partial charge in [-0.25, -0.2) is 19.2 Å². The number of nitrogens with zero attached hydrogens (tertiary/aromatic N) is 4. The van der Waals surface area contributed by atoms with E-state index in [2.05, 4.69) is 20.9 Å². The van der Waals surface area contributed by atoms with Gasteiger partial charge in [0.15, 0.2) is 0 Å². The van der Waals surface area contributed by atoms with Crippen LogP contribution >= 0.6 is 0 Å². The quantitative estimate of drug-likeness (QED) is 0.116. The van der Waals surface area contributed by atoms with Gasteiger partial charge in [0.25, 0.3) is 0 Å². The zero-order valence-electron chi connectivity index (χ0n) is 29.3. The lowest BCUT2D eigenvalue weighted by atomic mass is 9.83. The Bertz CT molecular complexity index is 1510. The molecule has 274 valence electrons. The van der Waals surface area contributed by atoms with Crippen LogP contribution in [0.2, 0.25) is 0 Å². The summed E-state index contributed by atoms with van der Waals surface area (Å²) in [5.41, 5.74) is 0.854. The molecule has 0 spiro atoms. The van der Waals surface area contributed by atoms with Gasteiger partial charge in [-0.2, -0.15) is 0 Å². The van der Waals surface area contributed by atoms with Crippen molar-refractivity contribution in [3.63, 3.8) is 0 Å². The second-order valence-corrected chi connectivity index (χ2v) is 12.9.